The first-order valence-corrected chi connectivity index (χ1v) is 6.78. The van der Waals surface area contributed by atoms with Crippen molar-refractivity contribution in [3.63, 3.8) is 0 Å². The van der Waals surface area contributed by atoms with Crippen LogP contribution in [0.15, 0.2) is 30.3 Å². The molecule has 108 valence electrons. The van der Waals surface area contributed by atoms with Crippen LogP contribution in [0.3, 0.4) is 0 Å². The number of aliphatic carboxylic acids is 1. The maximum Gasteiger partial charge on any atom is 0.326 e. The van der Waals surface area contributed by atoms with E-state index in [1.54, 1.807) is 6.92 Å². The Morgan fingerprint density at radius 2 is 2.10 bits per heavy atom. The number of carbonyl (C=O) groups excluding carboxylic acids is 1. The largest absolute Gasteiger partial charge is 0.480 e. The summed E-state index contributed by atoms with van der Waals surface area (Å²) in [6.07, 6.45) is 0.621. The fourth-order valence-electron chi connectivity index (χ4n) is 2.39. The lowest BCUT2D eigenvalue weighted by Crippen LogP contribution is -2.45. The number of hydrogen-bond acceptors (Lipinski definition) is 3. The zero-order valence-electron chi connectivity index (χ0n) is 11.5. The van der Waals surface area contributed by atoms with Gasteiger partial charge in [-0.3, -0.25) is 4.79 Å². The topological polar surface area (TPSA) is 66.8 Å². The van der Waals surface area contributed by atoms with Crippen LogP contribution < -0.4 is 0 Å². The molecule has 2 atom stereocenters. The van der Waals surface area contributed by atoms with Crippen molar-refractivity contribution >= 4 is 11.9 Å². The van der Waals surface area contributed by atoms with Crippen LogP contribution in [0.2, 0.25) is 0 Å². The molecule has 20 heavy (non-hydrogen) atoms. The van der Waals surface area contributed by atoms with Crippen molar-refractivity contribution in [3.8, 4) is 0 Å². The van der Waals surface area contributed by atoms with Gasteiger partial charge in [-0.25, -0.2) is 4.79 Å². The first kappa shape index (κ1) is 14.5. The lowest BCUT2D eigenvalue weighted by Gasteiger charge is -2.24. The molecule has 1 saturated heterocycles. The minimum absolute atomic E-state index is 0.245. The summed E-state index contributed by atoms with van der Waals surface area (Å²) in [6.45, 7) is 2.51. The van der Waals surface area contributed by atoms with Crippen LogP contribution >= 0.6 is 0 Å². The van der Waals surface area contributed by atoms with Crippen LogP contribution in [0.4, 0.5) is 0 Å². The van der Waals surface area contributed by atoms with Crippen LogP contribution in [0.25, 0.3) is 0 Å². The molecule has 1 aromatic carbocycles. The highest BCUT2D eigenvalue weighted by molar-refractivity contribution is 5.86. The Morgan fingerprint density at radius 1 is 1.40 bits per heavy atom. The Hall–Kier alpha value is -1.88. The van der Waals surface area contributed by atoms with Gasteiger partial charge in [0.05, 0.1) is 6.61 Å². The highest BCUT2D eigenvalue weighted by atomic mass is 16.5. The number of ether oxygens (including phenoxy) is 1. The molecule has 0 unspecified atom stereocenters. The molecule has 0 saturated carbocycles. The third-order valence-electron chi connectivity index (χ3n) is 3.51. The molecule has 0 spiro atoms. The summed E-state index contributed by atoms with van der Waals surface area (Å²) in [7, 11) is 0. The van der Waals surface area contributed by atoms with Crippen molar-refractivity contribution in [1.29, 1.82) is 0 Å². The maximum absolute atomic E-state index is 12.2. The highest BCUT2D eigenvalue weighted by Crippen LogP contribution is 2.19. The second-order valence-electron chi connectivity index (χ2n) is 4.97. The fraction of sp³-hybridized carbons (Fsp3) is 0.467. The maximum atomic E-state index is 12.2. The predicted molar refractivity (Wildman–Crippen MR) is 73.1 cm³/mol. The Morgan fingerprint density at radius 3 is 2.75 bits per heavy atom. The lowest BCUT2D eigenvalue weighted by atomic mass is 10.2. The SMILES string of the molecule is C[C@H](OCc1ccccc1)C(=O)N1CCC[C@@H]1C(=O)O. The Bertz CT molecular complexity index is 474. The summed E-state index contributed by atoms with van der Waals surface area (Å²) in [6, 6.07) is 8.88. The van der Waals surface area contributed by atoms with Gasteiger partial charge < -0.3 is 14.7 Å². The van der Waals surface area contributed by atoms with Gasteiger partial charge in [0.2, 0.25) is 0 Å². The van der Waals surface area contributed by atoms with Gasteiger partial charge in [-0.2, -0.15) is 0 Å². The summed E-state index contributed by atoms with van der Waals surface area (Å²) in [4.78, 5) is 24.7. The Balaban J connectivity index is 1.90. The van der Waals surface area contributed by atoms with Gasteiger partial charge in [0.1, 0.15) is 12.1 Å². The number of carboxylic acid groups (broad SMARTS) is 1. The van der Waals surface area contributed by atoms with Gasteiger partial charge >= 0.3 is 5.97 Å². The predicted octanol–water partition coefficient (Wildman–Crippen LogP) is 1.67. The number of rotatable bonds is 5. The summed E-state index contributed by atoms with van der Waals surface area (Å²) < 4.78 is 5.55. The Labute approximate surface area is 118 Å². The van der Waals surface area contributed by atoms with E-state index in [1.807, 2.05) is 30.3 Å². The Kier molecular flexibility index (Phi) is 4.74. The molecule has 1 aliphatic rings. The first-order chi connectivity index (χ1) is 9.59. The van der Waals surface area contributed by atoms with Gasteiger partial charge in [0, 0.05) is 6.54 Å². The number of amides is 1. The minimum atomic E-state index is -0.939. The lowest BCUT2D eigenvalue weighted by molar-refractivity contribution is -0.153. The molecule has 2 rings (SSSR count). The van der Waals surface area contributed by atoms with E-state index in [2.05, 4.69) is 0 Å². The summed E-state index contributed by atoms with van der Waals surface area (Å²) in [5.74, 6) is -1.18. The summed E-state index contributed by atoms with van der Waals surface area (Å²) >= 11 is 0. The highest BCUT2D eigenvalue weighted by Gasteiger charge is 2.36. The average Bonchev–Trinajstić information content (AvgIpc) is 2.94. The molecule has 1 fully saturated rings. The number of carbonyl (C=O) groups is 2. The molecular weight excluding hydrogens is 258 g/mol. The number of nitrogens with zero attached hydrogens (tertiary/aromatic N) is 1. The summed E-state index contributed by atoms with van der Waals surface area (Å²) in [5.41, 5.74) is 0.989. The number of carboxylic acids is 1. The van der Waals surface area contributed by atoms with E-state index in [9.17, 15) is 9.59 Å². The van der Waals surface area contributed by atoms with E-state index in [0.717, 1.165) is 12.0 Å². The second-order valence-corrected chi connectivity index (χ2v) is 4.97. The number of benzene rings is 1. The quantitative estimate of drug-likeness (QED) is 0.889. The van der Waals surface area contributed by atoms with Crippen molar-refractivity contribution in [2.45, 2.75) is 38.5 Å². The van der Waals surface area contributed by atoms with Gasteiger partial charge in [0.15, 0.2) is 0 Å². The third-order valence-corrected chi connectivity index (χ3v) is 3.51. The first-order valence-electron chi connectivity index (χ1n) is 6.78. The molecular formula is C15H19NO4. The zero-order valence-corrected chi connectivity index (χ0v) is 11.5. The van der Waals surface area contributed by atoms with Gasteiger partial charge in [0.25, 0.3) is 5.91 Å². The average molecular weight is 277 g/mol. The molecule has 0 radical (unpaired) electrons. The zero-order chi connectivity index (χ0) is 14.5. The molecule has 0 bridgehead atoms. The van der Waals surface area contributed by atoms with Crippen LogP contribution in [0, 0.1) is 0 Å². The van der Waals surface area contributed by atoms with Crippen molar-refractivity contribution in [2.24, 2.45) is 0 Å². The van der Waals surface area contributed by atoms with Crippen molar-refractivity contribution in [1.82, 2.24) is 4.90 Å². The van der Waals surface area contributed by atoms with Crippen molar-refractivity contribution < 1.29 is 19.4 Å². The molecule has 5 heteroatoms. The molecule has 0 aromatic heterocycles. The van der Waals surface area contributed by atoms with Crippen molar-refractivity contribution in [2.75, 3.05) is 6.54 Å². The van der Waals surface area contributed by atoms with Gasteiger partial charge in [-0.1, -0.05) is 30.3 Å². The standard InChI is InChI=1S/C15H19NO4/c1-11(20-10-12-6-3-2-4-7-12)14(17)16-9-5-8-13(16)15(18)19/h2-4,6-7,11,13H,5,8-10H2,1H3,(H,18,19)/t11-,13+/m0/s1. The molecule has 1 aromatic rings. The van der Waals surface area contributed by atoms with Crippen LogP contribution in [-0.4, -0.2) is 40.6 Å². The molecule has 1 N–H and O–H groups in total. The third kappa shape index (κ3) is 3.36. The molecule has 1 amide bonds. The van der Waals surface area contributed by atoms with Crippen LogP contribution in [0.1, 0.15) is 25.3 Å². The number of hydrogen-bond donors (Lipinski definition) is 1. The van der Waals surface area contributed by atoms with E-state index in [4.69, 9.17) is 9.84 Å². The second kappa shape index (κ2) is 6.52. The van der Waals surface area contributed by atoms with E-state index in [-0.39, 0.29) is 5.91 Å². The molecule has 0 aliphatic carbocycles. The van der Waals surface area contributed by atoms with E-state index >= 15 is 0 Å². The molecule has 1 aliphatic heterocycles. The van der Waals surface area contributed by atoms with Gasteiger partial charge in [-0.15, -0.1) is 0 Å². The van der Waals surface area contributed by atoms with Gasteiger partial charge in [-0.05, 0) is 25.3 Å². The van der Waals surface area contributed by atoms with Crippen molar-refractivity contribution in [3.05, 3.63) is 35.9 Å². The monoisotopic (exact) mass is 277 g/mol. The number of likely N-dealkylation sites (tertiary alicyclic amines) is 1. The minimum Gasteiger partial charge on any atom is -0.480 e. The van der Waals surface area contributed by atoms with E-state index in [0.29, 0.717) is 19.6 Å². The van der Waals surface area contributed by atoms with E-state index < -0.39 is 18.1 Å². The normalized spacial score (nSPS) is 19.9. The smallest absolute Gasteiger partial charge is 0.326 e. The molecule has 5 nitrogen and oxygen atoms in total. The van der Waals surface area contributed by atoms with E-state index in [1.165, 1.54) is 4.90 Å². The summed E-state index contributed by atoms with van der Waals surface area (Å²) in [5, 5.41) is 9.09. The van der Waals surface area contributed by atoms with Crippen LogP contribution in [-0.2, 0) is 20.9 Å². The van der Waals surface area contributed by atoms with Crippen LogP contribution in [0.5, 0.6) is 0 Å². The fourth-order valence-corrected chi connectivity index (χ4v) is 2.39. The molecule has 1 heterocycles.